The van der Waals surface area contributed by atoms with Crippen molar-refractivity contribution in [1.29, 1.82) is 0 Å². The highest BCUT2D eigenvalue weighted by Crippen LogP contribution is 2.52. The Kier molecular flexibility index (Phi) is 15.3. The van der Waals surface area contributed by atoms with Gasteiger partial charge >= 0.3 is 0 Å². The highest BCUT2D eigenvalue weighted by atomic mass is 32.1. The summed E-state index contributed by atoms with van der Waals surface area (Å²) in [6.07, 6.45) is 22.7. The third-order valence-corrected chi connectivity index (χ3v) is 17.0. The second kappa shape index (κ2) is 22.1. The van der Waals surface area contributed by atoms with Crippen molar-refractivity contribution in [1.82, 2.24) is 0 Å². The highest BCUT2D eigenvalue weighted by molar-refractivity contribution is 7.25. The molecule has 0 saturated heterocycles. The fourth-order valence-electron chi connectivity index (χ4n) is 10.6. The van der Waals surface area contributed by atoms with Crippen LogP contribution in [0.2, 0.25) is 0 Å². The molecule has 2 aromatic heterocycles. The summed E-state index contributed by atoms with van der Waals surface area (Å²) in [5, 5.41) is 7.57. The van der Waals surface area contributed by atoms with Gasteiger partial charge in [-0.05, 0) is 162 Å². The molecule has 2 heterocycles. The number of carbonyl (C=O) groups excluding carboxylic acids is 2. The van der Waals surface area contributed by atoms with Gasteiger partial charge in [0, 0.05) is 37.3 Å². The van der Waals surface area contributed by atoms with E-state index in [1.54, 1.807) is 0 Å². The monoisotopic (exact) mass is 934 g/mol. The smallest absolute Gasteiger partial charge is 0.150 e. The lowest BCUT2D eigenvalue weighted by Gasteiger charge is -2.28. The topological polar surface area (TPSA) is 40.6 Å². The molecule has 8 aromatic rings. The van der Waals surface area contributed by atoms with Crippen LogP contribution in [0.1, 0.15) is 141 Å². The number of rotatable bonds is 22. The summed E-state index contributed by atoms with van der Waals surface area (Å²) in [7, 11) is 0. The number of nitrogens with zero attached hydrogens (tertiary/aromatic N) is 2. The number of fused-ring (bicyclic) bond motifs is 4. The molecule has 2 atom stereocenters. The van der Waals surface area contributed by atoms with Crippen molar-refractivity contribution in [2.45, 2.75) is 118 Å². The summed E-state index contributed by atoms with van der Waals surface area (Å²) in [5.41, 5.74) is 11.4. The number of aldehydes is 2. The third kappa shape index (κ3) is 9.86. The summed E-state index contributed by atoms with van der Waals surface area (Å²) in [6.45, 7) is 9.39. The van der Waals surface area contributed by atoms with Crippen LogP contribution in [0.5, 0.6) is 0 Å². The lowest BCUT2D eigenvalue weighted by molar-refractivity contribution is 0.111. The van der Waals surface area contributed by atoms with Gasteiger partial charge in [0.15, 0.2) is 0 Å². The molecular weight excluding hydrogens is 869 g/mol. The van der Waals surface area contributed by atoms with E-state index >= 15 is 0 Å². The number of aryl methyl sites for hydroxylation is 2. The summed E-state index contributed by atoms with van der Waals surface area (Å²) >= 11 is 3.90. The van der Waals surface area contributed by atoms with E-state index < -0.39 is 0 Å². The number of anilines is 6. The lowest BCUT2D eigenvalue weighted by Crippen LogP contribution is -2.12. The van der Waals surface area contributed by atoms with Gasteiger partial charge in [0.2, 0.25) is 0 Å². The maximum Gasteiger partial charge on any atom is 0.150 e. The maximum atomic E-state index is 12.0. The van der Waals surface area contributed by atoms with Crippen LogP contribution in [0.25, 0.3) is 37.0 Å². The third-order valence-electron chi connectivity index (χ3n) is 14.6. The SMILES string of the molecule is CCCCC(CC)CCc1c2cc(N(c3ccc(C=O)cc3)c3cccc4ccccc34)sc2c(CCC(CC)CCCC)c2cc(N(c3ccc(C=O)cc3)c3cccc4c3CCC=C4)sc12. The van der Waals surface area contributed by atoms with Crippen LogP contribution in [0.3, 0.4) is 0 Å². The van der Waals surface area contributed by atoms with E-state index in [0.29, 0.717) is 23.0 Å². The molecule has 1 aliphatic carbocycles. The van der Waals surface area contributed by atoms with Crippen molar-refractivity contribution in [3.05, 3.63) is 161 Å². The van der Waals surface area contributed by atoms with E-state index in [1.807, 2.05) is 46.9 Å². The van der Waals surface area contributed by atoms with Crippen molar-refractivity contribution in [3.63, 3.8) is 0 Å². The quantitative estimate of drug-likeness (QED) is 0.0635. The standard InChI is InChI=1S/C62H66N2O2S2/c1-5-9-17-43(7-3)31-37-53-55-39-59(63(49-33-27-45(41-65)28-34-49)57-25-15-21-47-19-11-13-23-51(47)57)68-62(55)54(38-32-44(8-4)18-10-6-2)56-40-60(67-61(53)56)64(50-35-29-46(42-66)30-36-50)58-26-16-22-48-20-12-14-24-52(48)58/h11-13,15-16,19-23,25-30,33-36,39-44H,5-10,14,17-18,24,31-32,37-38H2,1-4H3. The van der Waals surface area contributed by atoms with Crippen LogP contribution in [0.15, 0.2) is 127 Å². The molecule has 9 rings (SSSR count). The van der Waals surface area contributed by atoms with E-state index in [9.17, 15) is 9.59 Å². The van der Waals surface area contributed by atoms with Gasteiger partial charge in [0.05, 0.1) is 11.4 Å². The van der Waals surface area contributed by atoms with Crippen LogP contribution in [-0.2, 0) is 19.3 Å². The zero-order valence-electron chi connectivity index (χ0n) is 40.4. The van der Waals surface area contributed by atoms with Crippen molar-refractivity contribution in [2.24, 2.45) is 11.8 Å². The molecule has 0 aliphatic heterocycles. The van der Waals surface area contributed by atoms with Gasteiger partial charge in [-0.25, -0.2) is 0 Å². The Labute approximate surface area is 412 Å². The molecule has 0 amide bonds. The number of thiophene rings is 2. The number of allylic oxidation sites excluding steroid dienone is 1. The summed E-state index contributed by atoms with van der Waals surface area (Å²) < 4.78 is 2.81. The molecule has 68 heavy (non-hydrogen) atoms. The number of benzene rings is 6. The zero-order chi connectivity index (χ0) is 47.0. The number of hydrogen-bond acceptors (Lipinski definition) is 6. The second-order valence-corrected chi connectivity index (χ2v) is 21.0. The molecule has 348 valence electrons. The molecule has 1 aliphatic rings. The van der Waals surface area contributed by atoms with Crippen molar-refractivity contribution >= 4 is 105 Å². The molecule has 2 unspecified atom stereocenters. The molecular formula is C62H66N2O2S2. The van der Waals surface area contributed by atoms with E-state index in [4.69, 9.17) is 0 Å². The average Bonchev–Trinajstić information content (AvgIpc) is 4.03. The molecule has 0 saturated carbocycles. The zero-order valence-corrected chi connectivity index (χ0v) is 42.1. The van der Waals surface area contributed by atoms with Crippen molar-refractivity contribution < 1.29 is 9.59 Å². The Hall–Kier alpha value is -5.82. The first-order chi connectivity index (χ1) is 33.5. The Morgan fingerprint density at radius 3 is 1.62 bits per heavy atom. The van der Waals surface area contributed by atoms with Gasteiger partial charge in [0.1, 0.15) is 22.6 Å². The second-order valence-electron chi connectivity index (χ2n) is 18.9. The van der Waals surface area contributed by atoms with Gasteiger partial charge in [-0.1, -0.05) is 140 Å². The van der Waals surface area contributed by atoms with Gasteiger partial charge in [-0.15, -0.1) is 22.7 Å². The molecule has 0 radical (unpaired) electrons. The fourth-order valence-corrected chi connectivity index (χ4v) is 13.3. The molecule has 0 bridgehead atoms. The number of unbranched alkanes of at least 4 members (excludes halogenated alkanes) is 2. The Morgan fingerprint density at radius 1 is 0.559 bits per heavy atom. The van der Waals surface area contributed by atoms with Gasteiger partial charge in [0.25, 0.3) is 0 Å². The van der Waals surface area contributed by atoms with E-state index in [2.05, 4.69) is 147 Å². The highest BCUT2D eigenvalue weighted by Gasteiger charge is 2.27. The molecule has 6 heteroatoms. The predicted molar refractivity (Wildman–Crippen MR) is 295 cm³/mol. The largest absolute Gasteiger partial charge is 0.302 e. The Bertz CT molecular complexity index is 2950. The van der Waals surface area contributed by atoms with Crippen LogP contribution in [0, 0.1) is 11.8 Å². The first-order valence-electron chi connectivity index (χ1n) is 25.4. The molecule has 4 nitrogen and oxygen atoms in total. The van der Waals surface area contributed by atoms with E-state index in [-0.39, 0.29) is 0 Å². The van der Waals surface area contributed by atoms with Crippen LogP contribution in [-0.4, -0.2) is 12.6 Å². The van der Waals surface area contributed by atoms with Crippen molar-refractivity contribution in [2.75, 3.05) is 9.80 Å². The van der Waals surface area contributed by atoms with Crippen LogP contribution in [0.4, 0.5) is 32.8 Å². The Morgan fingerprint density at radius 2 is 1.07 bits per heavy atom. The van der Waals surface area contributed by atoms with Crippen molar-refractivity contribution in [3.8, 4) is 0 Å². The van der Waals surface area contributed by atoms with Gasteiger partial charge in [-0.3, -0.25) is 9.59 Å². The fraction of sp³-hybridized carbons (Fsp3) is 0.323. The normalized spacial score (nSPS) is 13.2. The van der Waals surface area contributed by atoms with Gasteiger partial charge < -0.3 is 9.80 Å². The minimum atomic E-state index is 0.668. The van der Waals surface area contributed by atoms with Crippen LogP contribution < -0.4 is 9.80 Å². The molecule has 6 aromatic carbocycles. The van der Waals surface area contributed by atoms with E-state index in [1.165, 1.54) is 120 Å². The first-order valence-corrected chi connectivity index (χ1v) is 27.1. The minimum Gasteiger partial charge on any atom is -0.302 e. The van der Waals surface area contributed by atoms with Gasteiger partial charge in [-0.2, -0.15) is 0 Å². The predicted octanol–water partition coefficient (Wildman–Crippen LogP) is 19.1. The lowest BCUT2D eigenvalue weighted by atomic mass is 9.88. The number of carbonyl (C=O) groups is 2. The molecule has 0 spiro atoms. The summed E-state index contributed by atoms with van der Waals surface area (Å²) in [6, 6.07) is 43.4. The molecule has 0 N–H and O–H groups in total. The molecule has 0 fully saturated rings. The maximum absolute atomic E-state index is 12.0. The minimum absolute atomic E-state index is 0.668. The van der Waals surface area contributed by atoms with Crippen LogP contribution >= 0.6 is 22.7 Å². The average molecular weight is 935 g/mol. The summed E-state index contributed by atoms with van der Waals surface area (Å²) in [4.78, 5) is 28.8. The number of hydrogen-bond donors (Lipinski definition) is 0. The Balaban J connectivity index is 1.31. The first kappa shape index (κ1) is 47.3. The van der Waals surface area contributed by atoms with E-state index in [0.717, 1.165) is 68.2 Å². The summed E-state index contributed by atoms with van der Waals surface area (Å²) in [5.74, 6) is 1.34.